The number of methoxy groups -OCH3 is 1. The molecule has 0 aromatic heterocycles. The van der Waals surface area contributed by atoms with Crippen molar-refractivity contribution in [2.24, 2.45) is 5.92 Å². The molecule has 1 saturated heterocycles. The second-order valence-corrected chi connectivity index (χ2v) is 7.06. The minimum atomic E-state index is -0.409. The van der Waals surface area contributed by atoms with Crippen LogP contribution in [0.15, 0.2) is 48.5 Å². The number of amides is 1. The van der Waals surface area contributed by atoms with Gasteiger partial charge in [-0.05, 0) is 55.6 Å². The average Bonchev–Trinajstić information content (AvgIpc) is 2.69. The zero-order chi connectivity index (χ0) is 19.2. The van der Waals surface area contributed by atoms with Crippen LogP contribution in [0.4, 0.5) is 5.69 Å². The molecule has 27 heavy (non-hydrogen) atoms. The molecule has 0 radical (unpaired) electrons. The number of hydrogen-bond acceptors (Lipinski definition) is 4. The zero-order valence-electron chi connectivity index (χ0n) is 15.9. The predicted octanol–water partition coefficient (Wildman–Crippen LogP) is 3.63. The average molecular weight is 366 g/mol. The van der Waals surface area contributed by atoms with Gasteiger partial charge in [0.05, 0.1) is 18.6 Å². The number of nitrogens with one attached hydrogen (secondary N) is 1. The maximum atomic E-state index is 12.7. The maximum Gasteiger partial charge on any atom is 0.337 e. The lowest BCUT2D eigenvalue weighted by molar-refractivity contribution is -0.121. The van der Waals surface area contributed by atoms with Crippen LogP contribution in [0.3, 0.4) is 0 Å². The summed E-state index contributed by atoms with van der Waals surface area (Å²) in [5, 5.41) is 2.95. The second-order valence-electron chi connectivity index (χ2n) is 7.06. The van der Waals surface area contributed by atoms with E-state index in [-0.39, 0.29) is 11.8 Å². The first kappa shape index (κ1) is 19.1. The van der Waals surface area contributed by atoms with Gasteiger partial charge in [0.1, 0.15) is 0 Å². The number of nitrogens with zero attached hydrogens (tertiary/aromatic N) is 1. The minimum absolute atomic E-state index is 0.00602. The molecule has 5 heteroatoms. The fourth-order valence-electron chi connectivity index (χ4n) is 3.53. The third kappa shape index (κ3) is 4.95. The number of carbonyl (C=O) groups excluding carboxylic acids is 2. The number of piperidine rings is 1. The highest BCUT2D eigenvalue weighted by Crippen LogP contribution is 2.22. The highest BCUT2D eigenvalue weighted by atomic mass is 16.5. The van der Waals surface area contributed by atoms with Gasteiger partial charge in [-0.1, -0.05) is 30.3 Å². The van der Waals surface area contributed by atoms with Crippen molar-refractivity contribution >= 4 is 17.6 Å². The van der Waals surface area contributed by atoms with Crippen molar-refractivity contribution in [3.63, 3.8) is 0 Å². The molecule has 1 N–H and O–H groups in total. The van der Waals surface area contributed by atoms with E-state index >= 15 is 0 Å². The van der Waals surface area contributed by atoms with Crippen molar-refractivity contribution < 1.29 is 14.3 Å². The van der Waals surface area contributed by atoms with Crippen molar-refractivity contribution in [3.05, 3.63) is 65.2 Å². The molecule has 1 amide bonds. The molecule has 0 bridgehead atoms. The van der Waals surface area contributed by atoms with Gasteiger partial charge in [0, 0.05) is 18.8 Å². The molecular formula is C22H26N2O3. The Hall–Kier alpha value is -2.66. The van der Waals surface area contributed by atoms with E-state index in [4.69, 9.17) is 4.74 Å². The number of ether oxygens (including phenoxy) is 1. The molecule has 1 heterocycles. The van der Waals surface area contributed by atoms with Crippen molar-refractivity contribution in [1.82, 2.24) is 4.90 Å². The van der Waals surface area contributed by atoms with Crippen LogP contribution < -0.4 is 5.32 Å². The summed E-state index contributed by atoms with van der Waals surface area (Å²) in [4.78, 5) is 26.7. The van der Waals surface area contributed by atoms with E-state index in [9.17, 15) is 9.59 Å². The SMILES string of the molecule is COC(=O)c1cccc(NC(=O)C2CCCN(Cc3ccccc3C)C2)c1. The summed E-state index contributed by atoms with van der Waals surface area (Å²) in [6.45, 7) is 4.75. The van der Waals surface area contributed by atoms with Crippen molar-refractivity contribution in [1.29, 1.82) is 0 Å². The Morgan fingerprint density at radius 3 is 2.78 bits per heavy atom. The molecule has 3 rings (SSSR count). The van der Waals surface area contributed by atoms with Gasteiger partial charge < -0.3 is 10.1 Å². The summed E-state index contributed by atoms with van der Waals surface area (Å²) in [6.07, 6.45) is 1.89. The first-order valence-electron chi connectivity index (χ1n) is 9.33. The molecule has 2 aromatic carbocycles. The number of aryl methyl sites for hydroxylation is 1. The predicted molar refractivity (Wildman–Crippen MR) is 106 cm³/mol. The Morgan fingerprint density at radius 2 is 2.00 bits per heavy atom. The maximum absolute atomic E-state index is 12.7. The summed E-state index contributed by atoms with van der Waals surface area (Å²) < 4.78 is 4.73. The lowest BCUT2D eigenvalue weighted by atomic mass is 9.96. The van der Waals surface area contributed by atoms with E-state index in [0.29, 0.717) is 11.3 Å². The molecule has 1 fully saturated rings. The first-order valence-corrected chi connectivity index (χ1v) is 9.33. The molecular weight excluding hydrogens is 340 g/mol. The van der Waals surface area contributed by atoms with E-state index in [0.717, 1.165) is 32.5 Å². The Kier molecular flexibility index (Phi) is 6.24. The number of anilines is 1. The Morgan fingerprint density at radius 1 is 1.19 bits per heavy atom. The van der Waals surface area contributed by atoms with Crippen LogP contribution >= 0.6 is 0 Å². The van der Waals surface area contributed by atoms with Gasteiger partial charge in [-0.15, -0.1) is 0 Å². The number of esters is 1. The van der Waals surface area contributed by atoms with Crippen LogP contribution in [0, 0.1) is 12.8 Å². The second kappa shape index (κ2) is 8.82. The third-order valence-corrected chi connectivity index (χ3v) is 5.08. The van der Waals surface area contributed by atoms with E-state index < -0.39 is 5.97 Å². The Bertz CT molecular complexity index is 819. The van der Waals surface area contributed by atoms with Crippen LogP contribution in [0.5, 0.6) is 0 Å². The quantitative estimate of drug-likeness (QED) is 0.821. The normalized spacial score (nSPS) is 17.3. The van der Waals surface area contributed by atoms with Crippen LogP contribution in [0.2, 0.25) is 0 Å². The van der Waals surface area contributed by atoms with Crippen molar-refractivity contribution in [3.8, 4) is 0 Å². The van der Waals surface area contributed by atoms with Gasteiger partial charge in [0.2, 0.25) is 5.91 Å². The van der Waals surface area contributed by atoms with Crippen LogP contribution in [0.1, 0.15) is 34.3 Å². The highest BCUT2D eigenvalue weighted by Gasteiger charge is 2.26. The van der Waals surface area contributed by atoms with Gasteiger partial charge in [-0.2, -0.15) is 0 Å². The van der Waals surface area contributed by atoms with E-state index in [1.807, 2.05) is 6.07 Å². The summed E-state index contributed by atoms with van der Waals surface area (Å²) in [5.41, 5.74) is 3.65. The summed E-state index contributed by atoms with van der Waals surface area (Å²) in [5.74, 6) is -0.454. The van der Waals surface area contributed by atoms with E-state index in [1.165, 1.54) is 18.2 Å². The molecule has 2 aromatic rings. The molecule has 5 nitrogen and oxygen atoms in total. The van der Waals surface area contributed by atoms with Crippen LogP contribution in [-0.2, 0) is 16.1 Å². The highest BCUT2D eigenvalue weighted by molar-refractivity contribution is 5.95. The van der Waals surface area contributed by atoms with Gasteiger partial charge in [0.25, 0.3) is 0 Å². The number of carbonyl (C=O) groups is 2. The number of rotatable bonds is 5. The van der Waals surface area contributed by atoms with Crippen molar-refractivity contribution in [2.75, 3.05) is 25.5 Å². The monoisotopic (exact) mass is 366 g/mol. The fraction of sp³-hybridized carbons (Fsp3) is 0.364. The number of benzene rings is 2. The van der Waals surface area contributed by atoms with Gasteiger partial charge in [0.15, 0.2) is 0 Å². The van der Waals surface area contributed by atoms with Gasteiger partial charge in [-0.3, -0.25) is 9.69 Å². The molecule has 1 atom stereocenters. The molecule has 1 unspecified atom stereocenters. The van der Waals surface area contributed by atoms with E-state index in [1.54, 1.807) is 24.3 Å². The third-order valence-electron chi connectivity index (χ3n) is 5.08. The largest absolute Gasteiger partial charge is 0.465 e. The standard InChI is InChI=1S/C22H26N2O3/c1-16-7-3-4-8-18(16)14-24-12-6-10-19(15-24)21(25)23-20-11-5-9-17(13-20)22(26)27-2/h3-5,7-9,11,13,19H,6,10,12,14-15H2,1-2H3,(H,23,25). The van der Waals surface area contributed by atoms with Gasteiger partial charge >= 0.3 is 5.97 Å². The van der Waals surface area contributed by atoms with Crippen molar-refractivity contribution in [2.45, 2.75) is 26.3 Å². The minimum Gasteiger partial charge on any atom is -0.465 e. The molecule has 0 aliphatic carbocycles. The molecule has 0 spiro atoms. The summed E-state index contributed by atoms with van der Waals surface area (Å²) in [7, 11) is 1.35. The van der Waals surface area contributed by atoms with Crippen LogP contribution in [0.25, 0.3) is 0 Å². The summed E-state index contributed by atoms with van der Waals surface area (Å²) in [6, 6.07) is 15.2. The van der Waals surface area contributed by atoms with Gasteiger partial charge in [-0.25, -0.2) is 4.79 Å². The molecule has 0 saturated carbocycles. The van der Waals surface area contributed by atoms with Crippen LogP contribution in [-0.4, -0.2) is 37.0 Å². The Labute approximate surface area is 160 Å². The molecule has 142 valence electrons. The summed E-state index contributed by atoms with van der Waals surface area (Å²) >= 11 is 0. The zero-order valence-corrected chi connectivity index (χ0v) is 15.9. The first-order chi connectivity index (χ1) is 13.1. The number of hydrogen-bond donors (Lipinski definition) is 1. The number of likely N-dealkylation sites (tertiary alicyclic amines) is 1. The molecule has 1 aliphatic heterocycles. The molecule has 1 aliphatic rings. The lowest BCUT2D eigenvalue weighted by Crippen LogP contribution is -2.40. The Balaban J connectivity index is 1.62. The fourth-order valence-corrected chi connectivity index (χ4v) is 3.53. The van der Waals surface area contributed by atoms with E-state index in [2.05, 4.69) is 35.3 Å². The lowest BCUT2D eigenvalue weighted by Gasteiger charge is -2.32. The topological polar surface area (TPSA) is 58.6 Å². The smallest absolute Gasteiger partial charge is 0.337 e.